The molecule has 3 heterocycles. The first-order valence-corrected chi connectivity index (χ1v) is 8.54. The number of pyridine rings is 1. The van der Waals surface area contributed by atoms with Crippen LogP contribution in [0.5, 0.6) is 0 Å². The summed E-state index contributed by atoms with van der Waals surface area (Å²) in [4.78, 5) is 7.25. The summed E-state index contributed by atoms with van der Waals surface area (Å²) in [5.74, 6) is 0. The van der Waals surface area contributed by atoms with Gasteiger partial charge in [-0.25, -0.2) is 4.98 Å². The predicted octanol–water partition coefficient (Wildman–Crippen LogP) is 5.80. The van der Waals surface area contributed by atoms with Gasteiger partial charge in [-0.3, -0.25) is 5.10 Å². The Morgan fingerprint density at radius 3 is 2.17 bits per heavy atom. The first-order valence-electron chi connectivity index (χ1n) is 8.54. The molecule has 4 nitrogen and oxygen atoms in total. The first kappa shape index (κ1) is 19.4. The van der Waals surface area contributed by atoms with Gasteiger partial charge in [-0.05, 0) is 37.6 Å². The normalized spacial score (nSPS) is 9.25. The minimum atomic E-state index is 0.792. The zero-order chi connectivity index (χ0) is 17.9. The molecule has 0 unspecified atom stereocenters. The molecule has 24 heavy (non-hydrogen) atoms. The number of benzene rings is 1. The van der Waals surface area contributed by atoms with Crippen molar-refractivity contribution in [1.82, 2.24) is 20.2 Å². The van der Waals surface area contributed by atoms with Gasteiger partial charge in [-0.15, -0.1) is 0 Å². The SMILES string of the molecule is CC.CC.Cc1[nH]nc2ncccc12.Cc1c[nH]c2ccccc12. The van der Waals surface area contributed by atoms with Gasteiger partial charge in [0, 0.05) is 34.4 Å². The third-order valence-electron chi connectivity index (χ3n) is 3.32. The molecule has 4 aromatic rings. The number of nitrogens with one attached hydrogen (secondary N) is 2. The standard InChI is InChI=1S/C9H9N.C7H7N3.2C2H6/c1-7-6-10-9-5-3-2-4-8(7)9;1-5-6-3-2-4-8-7(6)10-9-5;2*1-2/h2-6,10H,1H3;2-4H,1H3,(H,8,9,10);2*1-2H3. The molecule has 0 saturated carbocycles. The molecule has 0 atom stereocenters. The second-order valence-electron chi connectivity index (χ2n) is 4.74. The lowest BCUT2D eigenvalue weighted by Crippen LogP contribution is -1.72. The highest BCUT2D eigenvalue weighted by molar-refractivity contribution is 5.82. The summed E-state index contributed by atoms with van der Waals surface area (Å²) >= 11 is 0. The van der Waals surface area contributed by atoms with E-state index in [0.29, 0.717) is 0 Å². The van der Waals surface area contributed by atoms with E-state index in [-0.39, 0.29) is 0 Å². The number of H-pyrrole nitrogens is 2. The fourth-order valence-corrected chi connectivity index (χ4v) is 2.19. The maximum absolute atomic E-state index is 4.06. The van der Waals surface area contributed by atoms with Gasteiger partial charge in [0.2, 0.25) is 0 Å². The Morgan fingerprint density at radius 1 is 0.833 bits per heavy atom. The minimum absolute atomic E-state index is 0.792. The molecule has 4 rings (SSSR count). The Labute approximate surface area is 144 Å². The molecule has 4 heteroatoms. The predicted molar refractivity (Wildman–Crippen MR) is 104 cm³/mol. The highest BCUT2D eigenvalue weighted by atomic mass is 15.1. The smallest absolute Gasteiger partial charge is 0.181 e. The lowest BCUT2D eigenvalue weighted by atomic mass is 10.2. The van der Waals surface area contributed by atoms with Gasteiger partial charge < -0.3 is 4.98 Å². The lowest BCUT2D eigenvalue weighted by molar-refractivity contribution is 1.05. The van der Waals surface area contributed by atoms with Crippen molar-refractivity contribution in [2.75, 3.05) is 0 Å². The van der Waals surface area contributed by atoms with Crippen LogP contribution in [0.2, 0.25) is 0 Å². The number of para-hydroxylation sites is 1. The average molecular weight is 324 g/mol. The quantitative estimate of drug-likeness (QED) is 0.430. The van der Waals surface area contributed by atoms with Crippen LogP contribution in [0.1, 0.15) is 39.0 Å². The number of rotatable bonds is 0. The summed E-state index contributed by atoms with van der Waals surface area (Å²) in [6.07, 6.45) is 3.77. The Kier molecular flexibility index (Phi) is 8.26. The van der Waals surface area contributed by atoms with Crippen LogP contribution in [0.3, 0.4) is 0 Å². The third-order valence-corrected chi connectivity index (χ3v) is 3.32. The number of nitrogens with zero attached hydrogens (tertiary/aromatic N) is 2. The highest BCUT2D eigenvalue weighted by Gasteiger charge is 1.97. The van der Waals surface area contributed by atoms with E-state index in [1.165, 1.54) is 16.5 Å². The summed E-state index contributed by atoms with van der Waals surface area (Å²) in [5, 5.41) is 9.27. The van der Waals surface area contributed by atoms with Crippen molar-refractivity contribution in [3.63, 3.8) is 0 Å². The molecule has 0 bridgehead atoms. The summed E-state index contributed by atoms with van der Waals surface area (Å²) in [7, 11) is 0. The Balaban J connectivity index is 0.000000199. The number of aromatic nitrogens is 4. The van der Waals surface area contributed by atoms with Crippen molar-refractivity contribution in [2.24, 2.45) is 0 Å². The Hall–Kier alpha value is -2.62. The van der Waals surface area contributed by atoms with Crippen molar-refractivity contribution in [3.05, 3.63) is 60.0 Å². The molecule has 0 spiro atoms. The number of hydrogen-bond acceptors (Lipinski definition) is 2. The minimum Gasteiger partial charge on any atom is -0.361 e. The van der Waals surface area contributed by atoms with Crippen LogP contribution < -0.4 is 0 Å². The van der Waals surface area contributed by atoms with Gasteiger partial charge in [-0.1, -0.05) is 45.9 Å². The second kappa shape index (κ2) is 10.2. The van der Waals surface area contributed by atoms with E-state index < -0.39 is 0 Å². The molecule has 0 fully saturated rings. The topological polar surface area (TPSA) is 57.4 Å². The molecule has 3 aromatic heterocycles. The lowest BCUT2D eigenvalue weighted by Gasteiger charge is -1.86. The van der Waals surface area contributed by atoms with Crippen LogP contribution >= 0.6 is 0 Å². The summed E-state index contributed by atoms with van der Waals surface area (Å²) < 4.78 is 0. The maximum Gasteiger partial charge on any atom is 0.181 e. The zero-order valence-corrected chi connectivity index (χ0v) is 15.5. The van der Waals surface area contributed by atoms with E-state index in [1.807, 2.05) is 59.0 Å². The second-order valence-corrected chi connectivity index (χ2v) is 4.74. The molecule has 0 aliphatic heterocycles. The average Bonchev–Trinajstić information content (AvgIpc) is 3.23. The van der Waals surface area contributed by atoms with Crippen molar-refractivity contribution in [3.8, 4) is 0 Å². The maximum atomic E-state index is 4.06. The van der Waals surface area contributed by atoms with Crippen LogP contribution in [0, 0.1) is 13.8 Å². The van der Waals surface area contributed by atoms with Gasteiger partial charge in [0.1, 0.15) is 0 Å². The Morgan fingerprint density at radius 2 is 1.50 bits per heavy atom. The monoisotopic (exact) mass is 324 g/mol. The first-order chi connectivity index (χ1) is 11.8. The van der Waals surface area contributed by atoms with Crippen molar-refractivity contribution < 1.29 is 0 Å². The van der Waals surface area contributed by atoms with Crippen LogP contribution in [0.25, 0.3) is 21.9 Å². The summed E-state index contributed by atoms with van der Waals surface area (Å²) in [6, 6.07) is 12.2. The molecular weight excluding hydrogens is 296 g/mol. The molecule has 0 radical (unpaired) electrons. The van der Waals surface area contributed by atoms with E-state index in [4.69, 9.17) is 0 Å². The van der Waals surface area contributed by atoms with Crippen molar-refractivity contribution in [2.45, 2.75) is 41.5 Å². The van der Waals surface area contributed by atoms with Gasteiger partial charge in [0.25, 0.3) is 0 Å². The highest BCUT2D eigenvalue weighted by Crippen LogP contribution is 2.15. The molecule has 0 aliphatic carbocycles. The van der Waals surface area contributed by atoms with E-state index in [0.717, 1.165) is 16.7 Å². The molecule has 0 amide bonds. The summed E-state index contributed by atoms with van der Waals surface area (Å²) in [6.45, 7) is 12.1. The number of aryl methyl sites for hydroxylation is 2. The molecule has 0 saturated heterocycles. The van der Waals surface area contributed by atoms with Crippen molar-refractivity contribution in [1.29, 1.82) is 0 Å². The van der Waals surface area contributed by atoms with Gasteiger partial charge >= 0.3 is 0 Å². The fourth-order valence-electron chi connectivity index (χ4n) is 2.19. The fraction of sp³-hybridized carbons (Fsp3) is 0.300. The van der Waals surface area contributed by atoms with Crippen LogP contribution in [0.15, 0.2) is 48.8 Å². The largest absolute Gasteiger partial charge is 0.361 e. The molecule has 128 valence electrons. The van der Waals surface area contributed by atoms with Crippen LogP contribution in [-0.2, 0) is 0 Å². The molecule has 0 aliphatic rings. The molecular formula is C20H28N4. The number of hydrogen-bond donors (Lipinski definition) is 2. The Bertz CT molecular complexity index is 771. The van der Waals surface area contributed by atoms with E-state index in [1.54, 1.807) is 6.20 Å². The molecule has 1 aromatic carbocycles. The van der Waals surface area contributed by atoms with Gasteiger partial charge in [0.05, 0.1) is 0 Å². The van der Waals surface area contributed by atoms with Crippen LogP contribution in [0.4, 0.5) is 0 Å². The van der Waals surface area contributed by atoms with E-state index in [9.17, 15) is 0 Å². The van der Waals surface area contributed by atoms with Crippen molar-refractivity contribution >= 4 is 21.9 Å². The van der Waals surface area contributed by atoms with Gasteiger partial charge in [0.15, 0.2) is 5.65 Å². The molecule has 2 N–H and O–H groups in total. The summed E-state index contributed by atoms with van der Waals surface area (Å²) in [5.41, 5.74) is 4.40. The van der Waals surface area contributed by atoms with Crippen LogP contribution in [-0.4, -0.2) is 20.2 Å². The third kappa shape index (κ3) is 4.69. The number of aromatic amines is 2. The number of fused-ring (bicyclic) bond motifs is 2. The van der Waals surface area contributed by atoms with E-state index >= 15 is 0 Å². The van der Waals surface area contributed by atoms with Gasteiger partial charge in [-0.2, -0.15) is 5.10 Å². The zero-order valence-electron chi connectivity index (χ0n) is 15.5. The van der Waals surface area contributed by atoms with E-state index in [2.05, 4.69) is 45.3 Å².